The fourth-order valence-electron chi connectivity index (χ4n) is 4.63. The molecule has 0 bridgehead atoms. The van der Waals surface area contributed by atoms with E-state index in [1.165, 1.54) is 10.5 Å². The highest BCUT2D eigenvalue weighted by molar-refractivity contribution is 8.18. The van der Waals surface area contributed by atoms with Crippen molar-refractivity contribution in [3.05, 3.63) is 99.0 Å². The lowest BCUT2D eigenvalue weighted by Gasteiger charge is -2.14. The number of hydrogen-bond donors (Lipinski definition) is 0. The molecule has 2 amide bonds. The number of halogens is 1. The van der Waals surface area contributed by atoms with E-state index >= 15 is 0 Å². The van der Waals surface area contributed by atoms with E-state index in [-0.39, 0.29) is 24.5 Å². The van der Waals surface area contributed by atoms with Crippen LogP contribution in [0.15, 0.2) is 71.6 Å². The Morgan fingerprint density at radius 1 is 0.972 bits per heavy atom. The van der Waals surface area contributed by atoms with Crippen LogP contribution >= 0.6 is 23.4 Å². The zero-order valence-electron chi connectivity index (χ0n) is 19.4. The van der Waals surface area contributed by atoms with Gasteiger partial charge in [-0.15, -0.1) is 0 Å². The van der Waals surface area contributed by atoms with Gasteiger partial charge in [0.2, 0.25) is 6.79 Å². The van der Waals surface area contributed by atoms with Gasteiger partial charge in [0.15, 0.2) is 11.5 Å². The van der Waals surface area contributed by atoms with Gasteiger partial charge in [0.25, 0.3) is 11.1 Å². The minimum Gasteiger partial charge on any atom is -0.454 e. The number of amides is 2. The maximum absolute atomic E-state index is 13.3. The van der Waals surface area contributed by atoms with E-state index in [0.29, 0.717) is 33.5 Å². The molecule has 0 unspecified atom stereocenters. The van der Waals surface area contributed by atoms with Gasteiger partial charge in [-0.3, -0.25) is 14.5 Å². The molecule has 8 heteroatoms. The Morgan fingerprint density at radius 2 is 1.69 bits per heavy atom. The molecule has 4 aromatic rings. The molecule has 2 aliphatic rings. The Bertz CT molecular complexity index is 1560. The lowest BCUT2D eigenvalue weighted by Crippen LogP contribution is -2.27. The smallest absolute Gasteiger partial charge is 0.293 e. The number of rotatable bonds is 5. The van der Waals surface area contributed by atoms with Crippen molar-refractivity contribution in [3.8, 4) is 11.5 Å². The third kappa shape index (κ3) is 3.94. The average molecular weight is 517 g/mol. The van der Waals surface area contributed by atoms with Crippen molar-refractivity contribution in [3.63, 3.8) is 0 Å². The first-order valence-corrected chi connectivity index (χ1v) is 12.6. The number of imide groups is 1. The number of para-hydroxylation sites is 1. The fraction of sp³-hybridized carbons (Fsp3) is 0.143. The molecular weight excluding hydrogens is 496 g/mol. The molecule has 3 heterocycles. The van der Waals surface area contributed by atoms with Gasteiger partial charge in [-0.05, 0) is 48.0 Å². The Morgan fingerprint density at radius 3 is 2.50 bits per heavy atom. The van der Waals surface area contributed by atoms with Crippen LogP contribution in [0.5, 0.6) is 11.5 Å². The van der Waals surface area contributed by atoms with Gasteiger partial charge in [-0.1, -0.05) is 60.1 Å². The number of benzene rings is 3. The molecule has 36 heavy (non-hydrogen) atoms. The zero-order valence-corrected chi connectivity index (χ0v) is 20.9. The monoisotopic (exact) mass is 516 g/mol. The van der Waals surface area contributed by atoms with Crippen molar-refractivity contribution >= 4 is 51.5 Å². The van der Waals surface area contributed by atoms with Crippen molar-refractivity contribution in [1.82, 2.24) is 9.47 Å². The van der Waals surface area contributed by atoms with Crippen LogP contribution in [0.2, 0.25) is 5.02 Å². The molecule has 2 aliphatic heterocycles. The minimum atomic E-state index is -0.335. The van der Waals surface area contributed by atoms with Crippen molar-refractivity contribution in [2.75, 3.05) is 6.79 Å². The van der Waals surface area contributed by atoms with Crippen LogP contribution in [0.3, 0.4) is 0 Å². The molecule has 0 N–H and O–H groups in total. The molecule has 1 fully saturated rings. The molecule has 0 atom stereocenters. The van der Waals surface area contributed by atoms with E-state index in [1.807, 2.05) is 49.4 Å². The van der Waals surface area contributed by atoms with Crippen LogP contribution in [0.4, 0.5) is 4.79 Å². The summed E-state index contributed by atoms with van der Waals surface area (Å²) in [7, 11) is 0. The number of carbonyl (C=O) groups excluding carboxylic acids is 2. The third-order valence-electron chi connectivity index (χ3n) is 6.48. The lowest BCUT2D eigenvalue weighted by molar-refractivity contribution is -0.123. The second-order valence-corrected chi connectivity index (χ2v) is 10.1. The first-order valence-electron chi connectivity index (χ1n) is 11.4. The summed E-state index contributed by atoms with van der Waals surface area (Å²) in [5.41, 5.74) is 4.87. The Balaban J connectivity index is 1.34. The fourth-order valence-corrected chi connectivity index (χ4v) is 5.66. The summed E-state index contributed by atoms with van der Waals surface area (Å²) < 4.78 is 13.0. The Kier molecular flexibility index (Phi) is 5.74. The number of aromatic nitrogens is 1. The zero-order chi connectivity index (χ0) is 24.8. The van der Waals surface area contributed by atoms with Crippen LogP contribution in [-0.2, 0) is 17.9 Å². The first kappa shape index (κ1) is 22.8. The summed E-state index contributed by atoms with van der Waals surface area (Å²) in [4.78, 5) is 27.8. The summed E-state index contributed by atoms with van der Waals surface area (Å²) in [6.07, 6.45) is 1.84. The number of nitrogens with zero attached hydrogens (tertiary/aromatic N) is 2. The standard InChI is InChI=1S/C28H21ClN2O4S/c1-17-21(20-9-5-6-10-23(20)30(17)14-18-7-3-2-4-8-18)12-26-27(32)31(28(33)36-26)15-19-11-24-25(13-22(19)29)35-16-34-24/h2-13H,14-16H2,1H3/b26-12-. The highest BCUT2D eigenvalue weighted by Crippen LogP contribution is 2.40. The SMILES string of the molecule is Cc1c(/C=C2\SC(=O)N(Cc3cc4c(cc3Cl)OCO4)C2=O)c2ccccc2n1Cc1ccccc1. The molecule has 6 rings (SSSR count). The van der Waals surface area contributed by atoms with Gasteiger partial charge in [0.05, 0.1) is 11.4 Å². The van der Waals surface area contributed by atoms with E-state index in [2.05, 4.69) is 22.8 Å². The van der Waals surface area contributed by atoms with Crippen molar-refractivity contribution < 1.29 is 19.1 Å². The predicted octanol–water partition coefficient (Wildman–Crippen LogP) is 6.62. The topological polar surface area (TPSA) is 60.8 Å². The van der Waals surface area contributed by atoms with Crippen molar-refractivity contribution in [1.29, 1.82) is 0 Å². The summed E-state index contributed by atoms with van der Waals surface area (Å²) in [5.74, 6) is 0.775. The molecule has 0 spiro atoms. The highest BCUT2D eigenvalue weighted by atomic mass is 35.5. The largest absolute Gasteiger partial charge is 0.454 e. The van der Waals surface area contributed by atoms with Crippen LogP contribution in [-0.4, -0.2) is 27.4 Å². The number of hydrogen-bond acceptors (Lipinski definition) is 5. The van der Waals surface area contributed by atoms with E-state index in [1.54, 1.807) is 12.1 Å². The average Bonchev–Trinajstić information content (AvgIpc) is 3.52. The van der Waals surface area contributed by atoms with E-state index in [0.717, 1.165) is 33.9 Å². The highest BCUT2D eigenvalue weighted by Gasteiger charge is 2.36. The van der Waals surface area contributed by atoms with Crippen molar-refractivity contribution in [2.24, 2.45) is 0 Å². The third-order valence-corrected chi connectivity index (χ3v) is 7.74. The van der Waals surface area contributed by atoms with Gasteiger partial charge >= 0.3 is 0 Å². The molecular formula is C28H21ClN2O4S. The molecule has 1 saturated heterocycles. The summed E-state index contributed by atoms with van der Waals surface area (Å²) in [5, 5.41) is 1.13. The quantitative estimate of drug-likeness (QED) is 0.279. The van der Waals surface area contributed by atoms with Gasteiger partial charge in [0.1, 0.15) is 0 Å². The van der Waals surface area contributed by atoms with Gasteiger partial charge in [-0.25, -0.2) is 0 Å². The Hall–Kier alpha value is -3.68. The van der Waals surface area contributed by atoms with Crippen LogP contribution in [0, 0.1) is 6.92 Å². The summed E-state index contributed by atoms with van der Waals surface area (Å²) in [6.45, 7) is 2.94. The summed E-state index contributed by atoms with van der Waals surface area (Å²) in [6, 6.07) is 21.7. The lowest BCUT2D eigenvalue weighted by atomic mass is 10.1. The second kappa shape index (κ2) is 9.08. The first-order chi connectivity index (χ1) is 17.5. The number of ether oxygens (including phenoxy) is 2. The van der Waals surface area contributed by atoms with Crippen molar-refractivity contribution in [2.45, 2.75) is 20.0 Å². The molecule has 180 valence electrons. The molecule has 0 radical (unpaired) electrons. The number of carbonyl (C=O) groups is 2. The summed E-state index contributed by atoms with van der Waals surface area (Å²) >= 11 is 7.34. The Labute approximate surface area is 217 Å². The van der Waals surface area contributed by atoms with E-state index in [9.17, 15) is 9.59 Å². The molecule has 6 nitrogen and oxygen atoms in total. The molecule has 0 saturated carbocycles. The van der Waals surface area contributed by atoms with E-state index in [4.69, 9.17) is 21.1 Å². The van der Waals surface area contributed by atoms with Crippen LogP contribution in [0.25, 0.3) is 17.0 Å². The minimum absolute atomic E-state index is 0.0617. The maximum atomic E-state index is 13.3. The predicted molar refractivity (Wildman–Crippen MR) is 141 cm³/mol. The second-order valence-electron chi connectivity index (χ2n) is 8.65. The molecule has 1 aromatic heterocycles. The van der Waals surface area contributed by atoms with Gasteiger partial charge in [-0.2, -0.15) is 0 Å². The van der Waals surface area contributed by atoms with Gasteiger partial charge in [0, 0.05) is 39.8 Å². The maximum Gasteiger partial charge on any atom is 0.293 e. The molecule has 3 aromatic carbocycles. The number of fused-ring (bicyclic) bond motifs is 2. The number of thioether (sulfide) groups is 1. The van der Waals surface area contributed by atoms with Crippen LogP contribution in [0.1, 0.15) is 22.4 Å². The normalized spacial score (nSPS) is 16.1. The van der Waals surface area contributed by atoms with Gasteiger partial charge < -0.3 is 14.0 Å². The molecule has 0 aliphatic carbocycles. The van der Waals surface area contributed by atoms with E-state index < -0.39 is 0 Å². The van der Waals surface area contributed by atoms with Crippen LogP contribution < -0.4 is 9.47 Å².